The standard InChI is InChI=1S/C13H6ClF3O/c14-9-6-11(16)8(5-12(9)17)13(18)7-3-1-2-4-10(7)15/h1-6H. The van der Waals surface area contributed by atoms with Crippen molar-refractivity contribution in [2.45, 2.75) is 0 Å². The van der Waals surface area contributed by atoms with Crippen molar-refractivity contribution >= 4 is 17.4 Å². The molecule has 92 valence electrons. The zero-order chi connectivity index (χ0) is 13.3. The van der Waals surface area contributed by atoms with Crippen LogP contribution in [0.1, 0.15) is 15.9 Å². The molecule has 0 aliphatic rings. The summed E-state index contributed by atoms with van der Waals surface area (Å²) in [5, 5.41) is -0.433. The molecule has 1 nitrogen and oxygen atoms in total. The van der Waals surface area contributed by atoms with E-state index >= 15 is 0 Å². The third kappa shape index (κ3) is 2.24. The maximum atomic E-state index is 13.5. The molecule has 2 aromatic rings. The van der Waals surface area contributed by atoms with Gasteiger partial charge >= 0.3 is 0 Å². The molecule has 0 aromatic heterocycles. The van der Waals surface area contributed by atoms with E-state index in [4.69, 9.17) is 11.6 Å². The van der Waals surface area contributed by atoms with Crippen LogP contribution in [0.2, 0.25) is 5.02 Å². The van der Waals surface area contributed by atoms with Crippen molar-refractivity contribution in [1.82, 2.24) is 0 Å². The van der Waals surface area contributed by atoms with Crippen LogP contribution in [0.25, 0.3) is 0 Å². The number of halogens is 4. The molecule has 2 rings (SSSR count). The quantitative estimate of drug-likeness (QED) is 0.596. The molecule has 0 unspecified atom stereocenters. The maximum Gasteiger partial charge on any atom is 0.199 e. The topological polar surface area (TPSA) is 17.1 Å². The number of ketones is 1. The van der Waals surface area contributed by atoms with Gasteiger partial charge in [0.2, 0.25) is 0 Å². The summed E-state index contributed by atoms with van der Waals surface area (Å²) in [5.41, 5.74) is -0.875. The molecule has 0 N–H and O–H groups in total. The zero-order valence-corrected chi connectivity index (χ0v) is 9.64. The first-order valence-electron chi connectivity index (χ1n) is 4.94. The lowest BCUT2D eigenvalue weighted by Gasteiger charge is -2.05. The largest absolute Gasteiger partial charge is 0.288 e. The van der Waals surface area contributed by atoms with E-state index in [2.05, 4.69) is 0 Å². The van der Waals surface area contributed by atoms with Gasteiger partial charge in [-0.25, -0.2) is 13.2 Å². The lowest BCUT2D eigenvalue weighted by atomic mass is 10.0. The van der Waals surface area contributed by atoms with Gasteiger partial charge in [-0.3, -0.25) is 4.79 Å². The van der Waals surface area contributed by atoms with Gasteiger partial charge in [-0.05, 0) is 24.3 Å². The summed E-state index contributed by atoms with van der Waals surface area (Å²) in [6.45, 7) is 0. The van der Waals surface area contributed by atoms with Gasteiger partial charge in [0.15, 0.2) is 5.78 Å². The Morgan fingerprint density at radius 2 is 1.56 bits per heavy atom. The minimum atomic E-state index is -0.991. The van der Waals surface area contributed by atoms with Gasteiger partial charge in [0.25, 0.3) is 0 Å². The highest BCUT2D eigenvalue weighted by Gasteiger charge is 2.19. The van der Waals surface area contributed by atoms with Crippen LogP contribution in [0, 0.1) is 17.5 Å². The summed E-state index contributed by atoms with van der Waals surface area (Å²) in [5.74, 6) is -3.65. The van der Waals surface area contributed by atoms with Crippen LogP contribution in [-0.2, 0) is 0 Å². The van der Waals surface area contributed by atoms with Crippen LogP contribution in [0.15, 0.2) is 36.4 Å². The molecule has 5 heteroatoms. The van der Waals surface area contributed by atoms with E-state index in [1.807, 2.05) is 0 Å². The molecule has 2 aromatic carbocycles. The fraction of sp³-hybridized carbons (Fsp3) is 0. The Hall–Kier alpha value is -1.81. The first-order valence-corrected chi connectivity index (χ1v) is 5.32. The number of benzene rings is 2. The van der Waals surface area contributed by atoms with E-state index in [1.54, 1.807) is 0 Å². The third-order valence-corrected chi connectivity index (χ3v) is 2.66. The van der Waals surface area contributed by atoms with E-state index in [-0.39, 0.29) is 5.56 Å². The summed E-state index contributed by atoms with van der Waals surface area (Å²) in [6.07, 6.45) is 0. The molecule has 0 aliphatic carbocycles. The molecule has 0 amide bonds. The van der Waals surface area contributed by atoms with E-state index in [1.165, 1.54) is 18.2 Å². The fourth-order valence-corrected chi connectivity index (χ4v) is 1.64. The molecule has 0 aliphatic heterocycles. The molecule has 0 atom stereocenters. The predicted molar refractivity (Wildman–Crippen MR) is 61.2 cm³/mol. The van der Waals surface area contributed by atoms with Gasteiger partial charge in [-0.2, -0.15) is 0 Å². The van der Waals surface area contributed by atoms with Gasteiger partial charge in [-0.1, -0.05) is 23.7 Å². The van der Waals surface area contributed by atoms with E-state index in [9.17, 15) is 18.0 Å². The van der Waals surface area contributed by atoms with Crippen molar-refractivity contribution in [1.29, 1.82) is 0 Å². The molecule has 0 heterocycles. The van der Waals surface area contributed by atoms with Crippen molar-refractivity contribution in [2.24, 2.45) is 0 Å². The van der Waals surface area contributed by atoms with Crippen LogP contribution in [0.3, 0.4) is 0 Å². The van der Waals surface area contributed by atoms with E-state index < -0.39 is 33.8 Å². The minimum absolute atomic E-state index is 0.321. The Labute approximate surface area is 106 Å². The lowest BCUT2D eigenvalue weighted by Crippen LogP contribution is -2.07. The zero-order valence-electron chi connectivity index (χ0n) is 8.88. The predicted octanol–water partition coefficient (Wildman–Crippen LogP) is 3.99. The summed E-state index contributed by atoms with van der Waals surface area (Å²) in [6, 6.07) is 6.43. The Bertz CT molecular complexity index is 626. The first-order chi connectivity index (χ1) is 8.50. The minimum Gasteiger partial charge on any atom is -0.288 e. The highest BCUT2D eigenvalue weighted by Crippen LogP contribution is 2.22. The molecule has 0 spiro atoms. The molecule has 18 heavy (non-hydrogen) atoms. The lowest BCUT2D eigenvalue weighted by molar-refractivity contribution is 0.103. The van der Waals surface area contributed by atoms with Gasteiger partial charge in [0.05, 0.1) is 16.1 Å². The Balaban J connectivity index is 2.53. The highest BCUT2D eigenvalue weighted by molar-refractivity contribution is 6.30. The van der Waals surface area contributed by atoms with Gasteiger partial charge in [0.1, 0.15) is 17.5 Å². The molecule has 0 saturated heterocycles. The average molecular weight is 271 g/mol. The normalized spacial score (nSPS) is 10.4. The molecule has 0 saturated carbocycles. The highest BCUT2D eigenvalue weighted by atomic mass is 35.5. The van der Waals surface area contributed by atoms with E-state index in [0.717, 1.165) is 6.07 Å². The third-order valence-electron chi connectivity index (χ3n) is 2.37. The van der Waals surface area contributed by atoms with Crippen LogP contribution >= 0.6 is 11.6 Å². The first kappa shape index (κ1) is 12.6. The number of carbonyl (C=O) groups is 1. The second-order valence-electron chi connectivity index (χ2n) is 3.56. The fourth-order valence-electron chi connectivity index (χ4n) is 1.49. The molecule has 0 fully saturated rings. The Kier molecular flexibility index (Phi) is 3.39. The molecule has 0 radical (unpaired) electrons. The van der Waals surface area contributed by atoms with Crippen LogP contribution < -0.4 is 0 Å². The molecule has 0 bridgehead atoms. The van der Waals surface area contributed by atoms with Crippen molar-refractivity contribution in [3.63, 3.8) is 0 Å². The SMILES string of the molecule is O=C(c1ccccc1F)c1cc(F)c(Cl)cc1F. The number of hydrogen-bond acceptors (Lipinski definition) is 1. The summed E-state index contributed by atoms with van der Waals surface area (Å²) in [4.78, 5) is 11.9. The summed E-state index contributed by atoms with van der Waals surface area (Å²) >= 11 is 5.37. The Morgan fingerprint density at radius 1 is 0.889 bits per heavy atom. The molecular formula is C13H6ClF3O. The maximum absolute atomic E-state index is 13.5. The van der Waals surface area contributed by atoms with Crippen molar-refractivity contribution < 1.29 is 18.0 Å². The van der Waals surface area contributed by atoms with Gasteiger partial charge < -0.3 is 0 Å². The van der Waals surface area contributed by atoms with E-state index in [0.29, 0.717) is 12.1 Å². The number of carbonyl (C=O) groups excluding carboxylic acids is 1. The van der Waals surface area contributed by atoms with Crippen molar-refractivity contribution in [3.8, 4) is 0 Å². The average Bonchev–Trinajstić information content (AvgIpc) is 2.33. The van der Waals surface area contributed by atoms with Crippen LogP contribution in [-0.4, -0.2) is 5.78 Å². The van der Waals surface area contributed by atoms with Crippen molar-refractivity contribution in [3.05, 3.63) is 70.0 Å². The van der Waals surface area contributed by atoms with Gasteiger partial charge in [-0.15, -0.1) is 0 Å². The molecular weight excluding hydrogens is 265 g/mol. The summed E-state index contributed by atoms with van der Waals surface area (Å²) in [7, 11) is 0. The second-order valence-corrected chi connectivity index (χ2v) is 3.96. The van der Waals surface area contributed by atoms with Crippen LogP contribution in [0.4, 0.5) is 13.2 Å². The monoisotopic (exact) mass is 270 g/mol. The smallest absolute Gasteiger partial charge is 0.199 e. The second kappa shape index (κ2) is 4.82. The van der Waals surface area contributed by atoms with Crippen molar-refractivity contribution in [2.75, 3.05) is 0 Å². The number of hydrogen-bond donors (Lipinski definition) is 0. The van der Waals surface area contributed by atoms with Crippen LogP contribution in [0.5, 0.6) is 0 Å². The van der Waals surface area contributed by atoms with Gasteiger partial charge in [0, 0.05) is 0 Å². The Morgan fingerprint density at radius 3 is 2.22 bits per heavy atom. The summed E-state index contributed by atoms with van der Waals surface area (Å²) < 4.78 is 40.1. The number of rotatable bonds is 2.